The number of ether oxygens (including phenoxy) is 1. The van der Waals surface area contributed by atoms with Crippen LogP contribution >= 0.6 is 0 Å². The number of hydrogen-bond donors (Lipinski definition) is 0. The molecule has 1 saturated heterocycles. The van der Waals surface area contributed by atoms with Crippen LogP contribution in [0.25, 0.3) is 0 Å². The fourth-order valence-electron chi connectivity index (χ4n) is 3.13. The summed E-state index contributed by atoms with van der Waals surface area (Å²) in [6, 6.07) is 16.3. The van der Waals surface area contributed by atoms with E-state index in [2.05, 4.69) is 30.0 Å². The minimum atomic E-state index is 0.214. The van der Waals surface area contributed by atoms with Crippen LogP contribution in [0.2, 0.25) is 0 Å². The van der Waals surface area contributed by atoms with E-state index in [1.807, 2.05) is 35.2 Å². The summed E-state index contributed by atoms with van der Waals surface area (Å²) in [5.74, 6) is 1.08. The highest BCUT2D eigenvalue weighted by Gasteiger charge is 2.21. The number of amides is 1. The van der Waals surface area contributed by atoms with E-state index >= 15 is 0 Å². The number of nitrogens with zero attached hydrogens (tertiary/aromatic N) is 2. The first-order valence-corrected chi connectivity index (χ1v) is 8.38. The average Bonchev–Trinajstić information content (AvgIpc) is 2.62. The van der Waals surface area contributed by atoms with E-state index in [9.17, 15) is 4.79 Å². The molecule has 4 heteroatoms. The van der Waals surface area contributed by atoms with Gasteiger partial charge < -0.3 is 14.5 Å². The molecule has 24 heavy (non-hydrogen) atoms. The Morgan fingerprint density at radius 3 is 2.50 bits per heavy atom. The summed E-state index contributed by atoms with van der Waals surface area (Å²) >= 11 is 0. The van der Waals surface area contributed by atoms with E-state index in [-0.39, 0.29) is 5.91 Å². The summed E-state index contributed by atoms with van der Waals surface area (Å²) in [5.41, 5.74) is 3.44. The van der Waals surface area contributed by atoms with E-state index in [1.54, 1.807) is 7.11 Å². The Kier molecular flexibility index (Phi) is 5.04. The van der Waals surface area contributed by atoms with Crippen LogP contribution in [0.1, 0.15) is 11.1 Å². The molecule has 2 aromatic carbocycles. The van der Waals surface area contributed by atoms with Gasteiger partial charge in [0.25, 0.3) is 0 Å². The minimum absolute atomic E-state index is 0.214. The van der Waals surface area contributed by atoms with Crippen LogP contribution in [-0.4, -0.2) is 44.1 Å². The summed E-state index contributed by atoms with van der Waals surface area (Å²) in [6.45, 7) is 5.30. The molecule has 1 fully saturated rings. The second-order valence-corrected chi connectivity index (χ2v) is 6.24. The molecule has 1 amide bonds. The molecule has 1 aliphatic rings. The molecule has 0 unspecified atom stereocenters. The first kappa shape index (κ1) is 16.4. The SMILES string of the molecule is COc1cccc(N2CCN(C(=O)Cc3cccc(C)c3)CC2)c1. The molecule has 0 N–H and O–H groups in total. The Morgan fingerprint density at radius 2 is 1.79 bits per heavy atom. The van der Waals surface area contributed by atoms with Crippen LogP contribution in [0.4, 0.5) is 5.69 Å². The van der Waals surface area contributed by atoms with Gasteiger partial charge in [-0.15, -0.1) is 0 Å². The zero-order valence-electron chi connectivity index (χ0n) is 14.4. The molecule has 0 atom stereocenters. The molecule has 3 rings (SSSR count). The topological polar surface area (TPSA) is 32.8 Å². The maximum atomic E-state index is 12.5. The molecule has 0 spiro atoms. The van der Waals surface area contributed by atoms with E-state index < -0.39 is 0 Å². The van der Waals surface area contributed by atoms with E-state index in [4.69, 9.17) is 4.74 Å². The van der Waals surface area contributed by atoms with Gasteiger partial charge in [0.15, 0.2) is 0 Å². The van der Waals surface area contributed by atoms with Crippen molar-refractivity contribution in [1.82, 2.24) is 4.90 Å². The van der Waals surface area contributed by atoms with Crippen LogP contribution in [-0.2, 0) is 11.2 Å². The lowest BCUT2D eigenvalue weighted by Crippen LogP contribution is -2.49. The van der Waals surface area contributed by atoms with Gasteiger partial charge in [-0.2, -0.15) is 0 Å². The van der Waals surface area contributed by atoms with Crippen molar-refractivity contribution < 1.29 is 9.53 Å². The second-order valence-electron chi connectivity index (χ2n) is 6.24. The zero-order valence-corrected chi connectivity index (χ0v) is 14.4. The van der Waals surface area contributed by atoms with E-state index in [0.29, 0.717) is 6.42 Å². The van der Waals surface area contributed by atoms with Crippen molar-refractivity contribution in [2.24, 2.45) is 0 Å². The molecule has 0 bridgehead atoms. The number of hydrogen-bond acceptors (Lipinski definition) is 3. The number of benzene rings is 2. The van der Waals surface area contributed by atoms with Gasteiger partial charge in [-0.3, -0.25) is 4.79 Å². The van der Waals surface area contributed by atoms with Crippen LogP contribution in [0, 0.1) is 6.92 Å². The maximum absolute atomic E-state index is 12.5. The number of anilines is 1. The predicted molar refractivity (Wildman–Crippen MR) is 96.7 cm³/mol. The highest BCUT2D eigenvalue weighted by atomic mass is 16.5. The fraction of sp³-hybridized carbons (Fsp3) is 0.350. The van der Waals surface area contributed by atoms with Gasteiger partial charge in [-0.05, 0) is 24.6 Å². The molecule has 0 radical (unpaired) electrons. The Balaban J connectivity index is 1.57. The molecule has 4 nitrogen and oxygen atoms in total. The quantitative estimate of drug-likeness (QED) is 0.867. The van der Waals surface area contributed by atoms with Gasteiger partial charge in [-0.1, -0.05) is 35.9 Å². The molecule has 0 aromatic heterocycles. The first-order valence-electron chi connectivity index (χ1n) is 8.38. The molecule has 1 aliphatic heterocycles. The number of piperazine rings is 1. The highest BCUT2D eigenvalue weighted by Crippen LogP contribution is 2.22. The van der Waals surface area contributed by atoms with Gasteiger partial charge in [-0.25, -0.2) is 0 Å². The standard InChI is InChI=1S/C20H24N2O2/c1-16-5-3-6-17(13-16)14-20(23)22-11-9-21(10-12-22)18-7-4-8-19(15-18)24-2/h3-8,13,15H,9-12,14H2,1-2H3. The largest absolute Gasteiger partial charge is 0.497 e. The molecule has 1 heterocycles. The Bertz CT molecular complexity index is 706. The van der Waals surface area contributed by atoms with Gasteiger partial charge in [0.1, 0.15) is 5.75 Å². The number of aryl methyl sites for hydroxylation is 1. The second kappa shape index (κ2) is 7.39. The van der Waals surface area contributed by atoms with Crippen molar-refractivity contribution in [3.8, 4) is 5.75 Å². The smallest absolute Gasteiger partial charge is 0.227 e. The lowest BCUT2D eigenvalue weighted by atomic mass is 10.1. The van der Waals surface area contributed by atoms with Crippen molar-refractivity contribution >= 4 is 11.6 Å². The van der Waals surface area contributed by atoms with Crippen LogP contribution in [0.3, 0.4) is 0 Å². The Labute approximate surface area is 143 Å². The summed E-state index contributed by atoms with van der Waals surface area (Å²) < 4.78 is 5.29. The first-order chi connectivity index (χ1) is 11.7. The van der Waals surface area contributed by atoms with Crippen LogP contribution in [0.5, 0.6) is 5.75 Å². The predicted octanol–water partition coefficient (Wildman–Crippen LogP) is 2.89. The summed E-state index contributed by atoms with van der Waals surface area (Å²) in [4.78, 5) is 16.8. The maximum Gasteiger partial charge on any atom is 0.227 e. The van der Waals surface area contributed by atoms with Crippen LogP contribution < -0.4 is 9.64 Å². The van der Waals surface area contributed by atoms with Crippen molar-refractivity contribution in [3.63, 3.8) is 0 Å². The molecular formula is C20H24N2O2. The fourth-order valence-corrected chi connectivity index (χ4v) is 3.13. The lowest BCUT2D eigenvalue weighted by molar-refractivity contribution is -0.130. The van der Waals surface area contributed by atoms with Crippen molar-refractivity contribution in [1.29, 1.82) is 0 Å². The van der Waals surface area contributed by atoms with Gasteiger partial charge in [0.2, 0.25) is 5.91 Å². The molecular weight excluding hydrogens is 300 g/mol. The molecule has 2 aromatic rings. The van der Waals surface area contributed by atoms with Crippen molar-refractivity contribution in [3.05, 3.63) is 59.7 Å². The van der Waals surface area contributed by atoms with E-state index in [0.717, 1.165) is 43.2 Å². The van der Waals surface area contributed by atoms with Crippen molar-refractivity contribution in [2.75, 3.05) is 38.2 Å². The minimum Gasteiger partial charge on any atom is -0.497 e. The Hall–Kier alpha value is -2.49. The molecule has 126 valence electrons. The third-order valence-corrected chi connectivity index (χ3v) is 4.49. The number of carbonyl (C=O) groups excluding carboxylic acids is 1. The van der Waals surface area contributed by atoms with Crippen LogP contribution in [0.15, 0.2) is 48.5 Å². The third kappa shape index (κ3) is 3.88. The number of methoxy groups -OCH3 is 1. The van der Waals surface area contributed by atoms with Crippen molar-refractivity contribution in [2.45, 2.75) is 13.3 Å². The monoisotopic (exact) mass is 324 g/mol. The summed E-state index contributed by atoms with van der Waals surface area (Å²) in [7, 11) is 1.68. The van der Waals surface area contributed by atoms with Gasteiger partial charge in [0, 0.05) is 37.9 Å². The average molecular weight is 324 g/mol. The normalized spacial score (nSPS) is 14.6. The van der Waals surface area contributed by atoms with Gasteiger partial charge >= 0.3 is 0 Å². The Morgan fingerprint density at radius 1 is 1.04 bits per heavy atom. The van der Waals surface area contributed by atoms with E-state index in [1.165, 1.54) is 5.56 Å². The number of carbonyl (C=O) groups is 1. The number of rotatable bonds is 4. The molecule has 0 aliphatic carbocycles. The highest BCUT2D eigenvalue weighted by molar-refractivity contribution is 5.79. The summed E-state index contributed by atoms with van der Waals surface area (Å²) in [6.07, 6.45) is 0.487. The summed E-state index contributed by atoms with van der Waals surface area (Å²) in [5, 5.41) is 0. The lowest BCUT2D eigenvalue weighted by Gasteiger charge is -2.36. The zero-order chi connectivity index (χ0) is 16.9. The molecule has 0 saturated carbocycles. The van der Waals surface area contributed by atoms with Gasteiger partial charge in [0.05, 0.1) is 13.5 Å². The third-order valence-electron chi connectivity index (χ3n) is 4.49.